The summed E-state index contributed by atoms with van der Waals surface area (Å²) in [4.78, 5) is 0. The van der Waals surface area contributed by atoms with E-state index in [1.807, 2.05) is 0 Å². The number of benzene rings is 2. The minimum absolute atomic E-state index is 0.0205. The van der Waals surface area contributed by atoms with Crippen LogP contribution in [0.2, 0.25) is 30.7 Å². The summed E-state index contributed by atoms with van der Waals surface area (Å²) >= 11 is 0. The SMILES string of the molecule is COCO[C@](C)(/C=C/C[Si](C)(C)C)CCC1(O)O[C@@H](CO[Si](c2ccccc2)(c2ccccc2)C(C)(C)C)C[C@@H]1C. The number of rotatable bonds is 14. The lowest BCUT2D eigenvalue weighted by atomic mass is 9.89. The summed E-state index contributed by atoms with van der Waals surface area (Å²) in [6, 6.07) is 22.4. The van der Waals surface area contributed by atoms with Gasteiger partial charge in [0, 0.05) is 27.5 Å². The molecule has 4 atom stereocenters. The van der Waals surface area contributed by atoms with Crippen LogP contribution in [0.5, 0.6) is 0 Å². The van der Waals surface area contributed by atoms with E-state index in [0.717, 1.165) is 12.5 Å². The summed E-state index contributed by atoms with van der Waals surface area (Å²) in [6.45, 7) is 18.7. The van der Waals surface area contributed by atoms with E-state index in [1.54, 1.807) is 7.11 Å². The fourth-order valence-electron chi connectivity index (χ4n) is 5.90. The zero-order valence-corrected chi connectivity index (χ0v) is 28.9. The standard InChI is InChI=1S/C34H54O5Si2/c1-28-25-29(39-34(28,35)23-22-33(5,37-27-36-6)21-16-24-40(7,8)9)26-38-41(32(2,3)4,30-17-12-10-13-18-30)31-19-14-11-15-20-31/h10-21,28-29,35H,22-27H2,1-9H3/b21-16+/t28-,29+,33+,34?/m0/s1. The van der Waals surface area contributed by atoms with Gasteiger partial charge in [-0.05, 0) is 41.2 Å². The van der Waals surface area contributed by atoms with Crippen molar-refractivity contribution in [3.05, 3.63) is 72.8 Å². The Labute approximate surface area is 251 Å². The number of methoxy groups -OCH3 is 1. The molecule has 1 saturated heterocycles. The molecule has 0 aliphatic carbocycles. The molecule has 0 amide bonds. The zero-order valence-electron chi connectivity index (χ0n) is 26.9. The normalized spacial score (nSPS) is 23.7. The molecule has 0 saturated carbocycles. The zero-order chi connectivity index (χ0) is 30.4. The number of hydrogen-bond acceptors (Lipinski definition) is 5. The van der Waals surface area contributed by atoms with Crippen LogP contribution in [0.4, 0.5) is 0 Å². The molecular formula is C34H54O5Si2. The number of ether oxygens (including phenoxy) is 3. The Hall–Kier alpha value is -1.59. The molecule has 228 valence electrons. The summed E-state index contributed by atoms with van der Waals surface area (Å²) in [6.07, 6.45) is 6.05. The lowest BCUT2D eigenvalue weighted by Crippen LogP contribution is -2.67. The van der Waals surface area contributed by atoms with Crippen LogP contribution in [-0.2, 0) is 18.6 Å². The van der Waals surface area contributed by atoms with Gasteiger partial charge in [0.25, 0.3) is 8.32 Å². The van der Waals surface area contributed by atoms with Gasteiger partial charge in [0.05, 0.1) is 18.3 Å². The second-order valence-corrected chi connectivity index (χ2v) is 24.1. The van der Waals surface area contributed by atoms with Gasteiger partial charge in [-0.2, -0.15) is 0 Å². The summed E-state index contributed by atoms with van der Waals surface area (Å²) < 4.78 is 24.9. The van der Waals surface area contributed by atoms with Crippen molar-refractivity contribution in [1.82, 2.24) is 0 Å². The van der Waals surface area contributed by atoms with E-state index >= 15 is 0 Å². The fourth-order valence-corrected chi connectivity index (χ4v) is 11.3. The van der Waals surface area contributed by atoms with Crippen molar-refractivity contribution >= 4 is 26.8 Å². The Bertz CT molecular complexity index is 1060. The van der Waals surface area contributed by atoms with E-state index in [9.17, 15) is 5.11 Å². The van der Waals surface area contributed by atoms with Gasteiger partial charge in [-0.15, -0.1) is 0 Å². The van der Waals surface area contributed by atoms with Crippen molar-refractivity contribution in [2.45, 2.75) is 102 Å². The highest BCUT2D eigenvalue weighted by Crippen LogP contribution is 2.41. The Kier molecular flexibility index (Phi) is 11.4. The van der Waals surface area contributed by atoms with Gasteiger partial charge in [0.1, 0.15) is 6.79 Å². The molecule has 0 spiro atoms. The highest BCUT2D eigenvalue weighted by atomic mass is 28.4. The number of allylic oxidation sites excluding steroid dienone is 1. The molecule has 7 heteroatoms. The van der Waals surface area contributed by atoms with Crippen molar-refractivity contribution in [3.8, 4) is 0 Å². The molecule has 1 aliphatic heterocycles. The first kappa shape index (κ1) is 33.9. The maximum Gasteiger partial charge on any atom is 0.261 e. The first-order chi connectivity index (χ1) is 19.1. The molecule has 3 rings (SSSR count). The van der Waals surface area contributed by atoms with E-state index in [2.05, 4.69) is 127 Å². The third-order valence-electron chi connectivity index (χ3n) is 8.35. The van der Waals surface area contributed by atoms with E-state index in [-0.39, 0.29) is 23.9 Å². The summed E-state index contributed by atoms with van der Waals surface area (Å²) in [5, 5.41) is 14.1. The van der Waals surface area contributed by atoms with Gasteiger partial charge >= 0.3 is 0 Å². The van der Waals surface area contributed by atoms with Crippen LogP contribution in [0, 0.1) is 5.92 Å². The molecule has 5 nitrogen and oxygen atoms in total. The van der Waals surface area contributed by atoms with Crippen molar-refractivity contribution in [3.63, 3.8) is 0 Å². The highest BCUT2D eigenvalue weighted by Gasteiger charge is 2.52. The van der Waals surface area contributed by atoms with Gasteiger partial charge in [-0.1, -0.05) is 120 Å². The molecule has 1 N–H and O–H groups in total. The van der Waals surface area contributed by atoms with Gasteiger partial charge in [-0.25, -0.2) is 0 Å². The smallest absolute Gasteiger partial charge is 0.261 e. The predicted octanol–water partition coefficient (Wildman–Crippen LogP) is 6.73. The molecule has 1 fully saturated rings. The molecule has 1 aliphatic rings. The van der Waals surface area contributed by atoms with Gasteiger partial charge < -0.3 is 23.7 Å². The third-order valence-corrected chi connectivity index (χ3v) is 14.8. The molecule has 41 heavy (non-hydrogen) atoms. The summed E-state index contributed by atoms with van der Waals surface area (Å²) in [7, 11) is -2.26. The summed E-state index contributed by atoms with van der Waals surface area (Å²) in [5.74, 6) is -1.25. The second-order valence-electron chi connectivity index (χ2n) is 14.2. The third kappa shape index (κ3) is 8.72. The minimum Gasteiger partial charge on any atom is -0.405 e. The van der Waals surface area contributed by atoms with Crippen LogP contribution >= 0.6 is 0 Å². The van der Waals surface area contributed by atoms with Crippen LogP contribution in [0.25, 0.3) is 0 Å². The van der Waals surface area contributed by atoms with E-state index in [4.69, 9.17) is 18.6 Å². The van der Waals surface area contributed by atoms with Crippen LogP contribution in [0.1, 0.15) is 53.9 Å². The molecule has 1 unspecified atom stereocenters. The molecule has 0 radical (unpaired) electrons. The van der Waals surface area contributed by atoms with Crippen molar-refractivity contribution in [1.29, 1.82) is 0 Å². The van der Waals surface area contributed by atoms with Crippen LogP contribution in [0.3, 0.4) is 0 Å². The monoisotopic (exact) mass is 598 g/mol. The molecule has 0 bridgehead atoms. The largest absolute Gasteiger partial charge is 0.405 e. The maximum atomic E-state index is 11.7. The van der Waals surface area contributed by atoms with Crippen LogP contribution in [-0.4, -0.2) is 59.5 Å². The molecule has 2 aromatic rings. The Morgan fingerprint density at radius 3 is 2.02 bits per heavy atom. The lowest BCUT2D eigenvalue weighted by molar-refractivity contribution is -0.224. The van der Waals surface area contributed by atoms with Crippen molar-refractivity contribution in [2.75, 3.05) is 20.5 Å². The Morgan fingerprint density at radius 1 is 0.976 bits per heavy atom. The quantitative estimate of drug-likeness (QED) is 0.148. The average molecular weight is 599 g/mol. The van der Waals surface area contributed by atoms with Crippen LogP contribution < -0.4 is 10.4 Å². The van der Waals surface area contributed by atoms with E-state index < -0.39 is 27.8 Å². The average Bonchev–Trinajstić information content (AvgIpc) is 3.20. The number of aliphatic hydroxyl groups is 1. The Balaban J connectivity index is 1.78. The van der Waals surface area contributed by atoms with Gasteiger partial charge in [0.2, 0.25) is 0 Å². The molecule has 1 heterocycles. The molecular weight excluding hydrogens is 545 g/mol. The second kappa shape index (κ2) is 13.8. The number of hydrogen-bond donors (Lipinski definition) is 1. The van der Waals surface area contributed by atoms with E-state index in [0.29, 0.717) is 19.4 Å². The maximum absolute atomic E-state index is 11.7. The molecule has 2 aromatic carbocycles. The molecule has 0 aromatic heterocycles. The Morgan fingerprint density at radius 2 is 1.54 bits per heavy atom. The topological polar surface area (TPSA) is 57.2 Å². The minimum atomic E-state index is -2.68. The predicted molar refractivity (Wildman–Crippen MR) is 175 cm³/mol. The van der Waals surface area contributed by atoms with Crippen molar-refractivity contribution < 1.29 is 23.7 Å². The summed E-state index contributed by atoms with van der Waals surface area (Å²) in [5.41, 5.74) is -0.544. The van der Waals surface area contributed by atoms with Crippen molar-refractivity contribution in [2.24, 2.45) is 5.92 Å². The van der Waals surface area contributed by atoms with Gasteiger partial charge in [0.15, 0.2) is 5.79 Å². The van der Waals surface area contributed by atoms with E-state index in [1.165, 1.54) is 10.4 Å². The van der Waals surface area contributed by atoms with Crippen LogP contribution in [0.15, 0.2) is 72.8 Å². The lowest BCUT2D eigenvalue weighted by Gasteiger charge is -2.43. The first-order valence-electron chi connectivity index (χ1n) is 15.1. The highest BCUT2D eigenvalue weighted by molar-refractivity contribution is 6.99. The first-order valence-corrected chi connectivity index (χ1v) is 20.7. The fraction of sp³-hybridized carbons (Fsp3) is 0.588. The van der Waals surface area contributed by atoms with Gasteiger partial charge in [-0.3, -0.25) is 0 Å².